The molecular weight excluding hydrogens is 258 g/mol. The molecule has 0 aliphatic carbocycles. The van der Waals surface area contributed by atoms with Crippen LogP contribution in [0.25, 0.3) is 0 Å². The first-order chi connectivity index (χ1) is 9.69. The van der Waals surface area contributed by atoms with Gasteiger partial charge in [0, 0.05) is 11.9 Å². The molecule has 2 rings (SSSR count). The maximum absolute atomic E-state index is 11.5. The molecule has 1 heterocycles. The van der Waals surface area contributed by atoms with Gasteiger partial charge in [-0.05, 0) is 30.7 Å². The van der Waals surface area contributed by atoms with Gasteiger partial charge in [0.15, 0.2) is 0 Å². The van der Waals surface area contributed by atoms with Gasteiger partial charge in [-0.3, -0.25) is 9.78 Å². The maximum atomic E-state index is 11.5. The first-order valence-corrected chi connectivity index (χ1v) is 6.51. The smallest absolute Gasteiger partial charge is 0.325 e. The van der Waals surface area contributed by atoms with E-state index in [4.69, 9.17) is 4.74 Å². The fourth-order valence-electron chi connectivity index (χ4n) is 1.63. The van der Waals surface area contributed by atoms with E-state index in [1.165, 1.54) is 6.20 Å². The first-order valence-electron chi connectivity index (χ1n) is 6.51. The van der Waals surface area contributed by atoms with Gasteiger partial charge in [-0.2, -0.15) is 0 Å². The van der Waals surface area contributed by atoms with Gasteiger partial charge in [-0.15, -0.1) is 0 Å². The van der Waals surface area contributed by atoms with Crippen molar-refractivity contribution in [1.82, 2.24) is 9.97 Å². The highest BCUT2D eigenvalue weighted by atomic mass is 16.5. The Morgan fingerprint density at radius 3 is 2.60 bits per heavy atom. The van der Waals surface area contributed by atoms with Crippen LogP contribution in [-0.2, 0) is 0 Å². The van der Waals surface area contributed by atoms with E-state index in [1.54, 1.807) is 0 Å². The lowest BCUT2D eigenvalue weighted by molar-refractivity contribution is 0.309. The Hall–Kier alpha value is -2.50. The summed E-state index contributed by atoms with van der Waals surface area (Å²) in [7, 11) is 0. The highest BCUT2D eigenvalue weighted by Gasteiger charge is 2.01. The predicted octanol–water partition coefficient (Wildman–Crippen LogP) is 1.99. The summed E-state index contributed by atoms with van der Waals surface area (Å²) < 4.78 is 5.55. The molecule has 6 heteroatoms. The molecule has 20 heavy (non-hydrogen) atoms. The molecule has 6 nitrogen and oxygen atoms in total. The molecule has 106 valence electrons. The number of H-pyrrole nitrogens is 2. The molecule has 2 aromatic rings. The van der Waals surface area contributed by atoms with Crippen LogP contribution in [0.4, 0.5) is 11.4 Å². The van der Waals surface area contributed by atoms with Gasteiger partial charge >= 0.3 is 5.69 Å². The topological polar surface area (TPSA) is 87.0 Å². The number of aromatic amines is 2. The van der Waals surface area contributed by atoms with Gasteiger partial charge in [0.2, 0.25) is 0 Å². The molecule has 0 spiro atoms. The van der Waals surface area contributed by atoms with Gasteiger partial charge < -0.3 is 15.0 Å². The second-order valence-corrected chi connectivity index (χ2v) is 4.34. The van der Waals surface area contributed by atoms with Crippen molar-refractivity contribution in [1.29, 1.82) is 0 Å². The Balaban J connectivity index is 2.03. The Bertz CT molecular complexity index is 658. The molecule has 0 unspecified atom stereocenters. The van der Waals surface area contributed by atoms with Crippen molar-refractivity contribution in [3.63, 3.8) is 0 Å². The lowest BCUT2D eigenvalue weighted by Gasteiger charge is -2.08. The highest BCUT2D eigenvalue weighted by Crippen LogP contribution is 2.18. The predicted molar refractivity (Wildman–Crippen MR) is 77.8 cm³/mol. The average Bonchev–Trinajstić information content (AvgIpc) is 2.44. The molecule has 0 amide bonds. The molecule has 0 bridgehead atoms. The zero-order valence-corrected chi connectivity index (χ0v) is 11.2. The van der Waals surface area contributed by atoms with Crippen LogP contribution in [0, 0.1) is 0 Å². The van der Waals surface area contributed by atoms with Crippen molar-refractivity contribution in [2.45, 2.75) is 19.8 Å². The summed E-state index contributed by atoms with van der Waals surface area (Å²) in [5, 5.41) is 2.92. The minimum Gasteiger partial charge on any atom is -0.494 e. The van der Waals surface area contributed by atoms with E-state index in [1.807, 2.05) is 24.3 Å². The van der Waals surface area contributed by atoms with Crippen LogP contribution in [0.2, 0.25) is 0 Å². The van der Waals surface area contributed by atoms with Crippen LogP contribution in [0.15, 0.2) is 40.1 Å². The Morgan fingerprint density at radius 2 is 1.95 bits per heavy atom. The Morgan fingerprint density at radius 1 is 1.20 bits per heavy atom. The fraction of sp³-hybridized carbons (Fsp3) is 0.286. The number of hydrogen-bond acceptors (Lipinski definition) is 4. The monoisotopic (exact) mass is 275 g/mol. The molecule has 0 atom stereocenters. The summed E-state index contributed by atoms with van der Waals surface area (Å²) >= 11 is 0. The summed E-state index contributed by atoms with van der Waals surface area (Å²) in [5.74, 6) is 0.791. The van der Waals surface area contributed by atoms with Crippen molar-refractivity contribution in [3.05, 3.63) is 51.3 Å². The number of hydrogen-bond donors (Lipinski definition) is 3. The minimum absolute atomic E-state index is 0.282. The summed E-state index contributed by atoms with van der Waals surface area (Å²) in [6, 6.07) is 7.29. The molecule has 1 aromatic carbocycles. The first kappa shape index (κ1) is 13.9. The fourth-order valence-corrected chi connectivity index (χ4v) is 1.63. The van der Waals surface area contributed by atoms with E-state index < -0.39 is 11.2 Å². The van der Waals surface area contributed by atoms with E-state index in [2.05, 4.69) is 22.2 Å². The molecule has 1 aromatic heterocycles. The van der Waals surface area contributed by atoms with E-state index in [0.717, 1.165) is 24.3 Å². The van der Waals surface area contributed by atoms with Gasteiger partial charge in [0.25, 0.3) is 5.56 Å². The number of rotatable bonds is 6. The number of benzene rings is 1. The number of nitrogens with one attached hydrogen (secondary N) is 3. The van der Waals surface area contributed by atoms with Crippen molar-refractivity contribution in [3.8, 4) is 5.75 Å². The molecule has 0 aliphatic rings. The summed E-state index contributed by atoms with van der Waals surface area (Å²) in [6.45, 7) is 2.81. The Labute approximate surface area is 115 Å². The second-order valence-electron chi connectivity index (χ2n) is 4.34. The third-order valence-electron chi connectivity index (χ3n) is 2.72. The summed E-state index contributed by atoms with van der Waals surface area (Å²) in [6.07, 6.45) is 3.45. The largest absolute Gasteiger partial charge is 0.494 e. The van der Waals surface area contributed by atoms with E-state index >= 15 is 0 Å². The van der Waals surface area contributed by atoms with Crippen LogP contribution in [0.1, 0.15) is 19.8 Å². The Kier molecular flexibility index (Phi) is 4.60. The third kappa shape index (κ3) is 3.74. The van der Waals surface area contributed by atoms with Crippen LogP contribution < -0.4 is 21.3 Å². The molecule has 0 fully saturated rings. The van der Waals surface area contributed by atoms with Gasteiger partial charge in [0.05, 0.1) is 6.61 Å². The lowest BCUT2D eigenvalue weighted by Crippen LogP contribution is -2.23. The van der Waals surface area contributed by atoms with Crippen LogP contribution in [-0.4, -0.2) is 16.6 Å². The van der Waals surface area contributed by atoms with Gasteiger partial charge in [-0.25, -0.2) is 4.79 Å². The molecule has 0 saturated carbocycles. The molecule has 0 aliphatic heterocycles. The summed E-state index contributed by atoms with van der Waals surface area (Å²) in [4.78, 5) is 27.0. The number of aromatic nitrogens is 2. The quantitative estimate of drug-likeness (QED) is 0.703. The van der Waals surface area contributed by atoms with Crippen molar-refractivity contribution >= 4 is 11.4 Å². The standard InChI is InChI=1S/C14H17N3O3/c1-2-3-8-20-11-6-4-10(5-7-11)16-12-9-15-14(19)17-13(12)18/h4-7,9,16H,2-3,8H2,1H3,(H2,15,17,18,19). The van der Waals surface area contributed by atoms with Crippen LogP contribution >= 0.6 is 0 Å². The SMILES string of the molecule is CCCCOc1ccc(Nc2c[nH]c(=O)[nH]c2=O)cc1. The zero-order chi connectivity index (χ0) is 14.4. The van der Waals surface area contributed by atoms with Crippen molar-refractivity contribution in [2.24, 2.45) is 0 Å². The van der Waals surface area contributed by atoms with E-state index in [-0.39, 0.29) is 5.69 Å². The zero-order valence-electron chi connectivity index (χ0n) is 11.2. The lowest BCUT2D eigenvalue weighted by atomic mass is 10.3. The number of ether oxygens (including phenoxy) is 1. The molecule has 3 N–H and O–H groups in total. The maximum Gasteiger partial charge on any atom is 0.325 e. The van der Waals surface area contributed by atoms with E-state index in [0.29, 0.717) is 6.61 Å². The van der Waals surface area contributed by atoms with E-state index in [9.17, 15) is 9.59 Å². The number of anilines is 2. The van der Waals surface area contributed by atoms with Gasteiger partial charge in [-0.1, -0.05) is 13.3 Å². The van der Waals surface area contributed by atoms with Crippen molar-refractivity contribution in [2.75, 3.05) is 11.9 Å². The summed E-state index contributed by atoms with van der Waals surface area (Å²) in [5.41, 5.74) is 0.0342. The van der Waals surface area contributed by atoms with Gasteiger partial charge in [0.1, 0.15) is 11.4 Å². The van der Waals surface area contributed by atoms with Crippen LogP contribution in [0.5, 0.6) is 5.75 Å². The van der Waals surface area contributed by atoms with Crippen molar-refractivity contribution < 1.29 is 4.74 Å². The normalized spacial score (nSPS) is 10.2. The highest BCUT2D eigenvalue weighted by molar-refractivity contribution is 5.58. The third-order valence-corrected chi connectivity index (χ3v) is 2.72. The molecule has 0 radical (unpaired) electrons. The average molecular weight is 275 g/mol. The second kappa shape index (κ2) is 6.60. The molecule has 0 saturated heterocycles. The minimum atomic E-state index is -0.528. The van der Waals surface area contributed by atoms with Crippen LogP contribution in [0.3, 0.4) is 0 Å². The molecular formula is C14H17N3O3. The number of unbranched alkanes of at least 4 members (excludes halogenated alkanes) is 1.